The van der Waals surface area contributed by atoms with Crippen molar-refractivity contribution in [3.8, 4) is 11.5 Å². The summed E-state index contributed by atoms with van der Waals surface area (Å²) in [7, 11) is 3.25. The van der Waals surface area contributed by atoms with E-state index in [2.05, 4.69) is 31.2 Å². The van der Waals surface area contributed by atoms with E-state index >= 15 is 0 Å². The van der Waals surface area contributed by atoms with Gasteiger partial charge in [0.1, 0.15) is 6.33 Å². The van der Waals surface area contributed by atoms with Gasteiger partial charge in [-0.2, -0.15) is 0 Å². The van der Waals surface area contributed by atoms with Crippen molar-refractivity contribution in [2.45, 2.75) is 13.1 Å². The first-order valence-corrected chi connectivity index (χ1v) is 6.90. The van der Waals surface area contributed by atoms with E-state index in [9.17, 15) is 0 Å². The van der Waals surface area contributed by atoms with E-state index < -0.39 is 0 Å². The average molecular weight is 338 g/mol. The fraction of sp³-hybridized carbons (Fsp3) is 0.286. The third-order valence-electron chi connectivity index (χ3n) is 2.77. The molecule has 0 radical (unpaired) electrons. The minimum absolute atomic E-state index is 0.689. The van der Waals surface area contributed by atoms with Gasteiger partial charge in [-0.3, -0.25) is 0 Å². The first-order valence-electron chi connectivity index (χ1n) is 6.10. The van der Waals surface area contributed by atoms with Gasteiger partial charge in [0.15, 0.2) is 11.5 Å². The Labute approximate surface area is 126 Å². The predicted octanol–water partition coefficient (Wildman–Crippen LogP) is 2.55. The molecule has 6 heteroatoms. The normalized spacial score (nSPS) is 10.3. The van der Waals surface area contributed by atoms with Crippen LogP contribution in [-0.2, 0) is 13.1 Å². The molecule has 0 saturated carbocycles. The maximum Gasteiger partial charge on any atom is 0.174 e. The van der Waals surface area contributed by atoms with E-state index in [0.717, 1.165) is 15.7 Å². The highest BCUT2D eigenvalue weighted by molar-refractivity contribution is 9.10. The molecule has 0 saturated heterocycles. The summed E-state index contributed by atoms with van der Waals surface area (Å²) in [6, 6.07) is 5.85. The first-order chi connectivity index (χ1) is 9.74. The van der Waals surface area contributed by atoms with Crippen LogP contribution in [-0.4, -0.2) is 24.2 Å². The number of benzene rings is 1. The lowest BCUT2D eigenvalue weighted by Crippen LogP contribution is -2.13. The molecule has 0 amide bonds. The standard InChI is InChI=1S/C14H16BrN3O2/c1-19-13-6-10(5-12(15)14(13)20-2)7-17-8-11-3-4-16-9-18-11/h3-6,9,17H,7-8H2,1-2H3. The van der Waals surface area contributed by atoms with Crippen LogP contribution in [0.4, 0.5) is 0 Å². The Bertz CT molecular complexity index is 564. The molecule has 0 aliphatic carbocycles. The van der Waals surface area contributed by atoms with Crippen molar-refractivity contribution in [3.05, 3.63) is 46.5 Å². The number of nitrogens with one attached hydrogen (secondary N) is 1. The molecule has 0 bridgehead atoms. The highest BCUT2D eigenvalue weighted by atomic mass is 79.9. The zero-order valence-electron chi connectivity index (χ0n) is 11.4. The quantitative estimate of drug-likeness (QED) is 0.877. The molecule has 106 valence electrons. The van der Waals surface area contributed by atoms with Gasteiger partial charge in [0.05, 0.1) is 24.4 Å². The summed E-state index contributed by atoms with van der Waals surface area (Å²) in [6.07, 6.45) is 3.28. The van der Waals surface area contributed by atoms with Crippen molar-refractivity contribution in [2.75, 3.05) is 14.2 Å². The van der Waals surface area contributed by atoms with Gasteiger partial charge in [0.2, 0.25) is 0 Å². The minimum atomic E-state index is 0.689. The van der Waals surface area contributed by atoms with Gasteiger partial charge < -0.3 is 14.8 Å². The monoisotopic (exact) mass is 337 g/mol. The van der Waals surface area contributed by atoms with E-state index in [-0.39, 0.29) is 0 Å². The number of aromatic nitrogens is 2. The van der Waals surface area contributed by atoms with Crippen LogP contribution in [0.3, 0.4) is 0 Å². The van der Waals surface area contributed by atoms with Crippen molar-refractivity contribution in [1.82, 2.24) is 15.3 Å². The molecule has 0 unspecified atom stereocenters. The fourth-order valence-electron chi connectivity index (χ4n) is 1.83. The predicted molar refractivity (Wildman–Crippen MR) is 79.8 cm³/mol. The topological polar surface area (TPSA) is 56.3 Å². The van der Waals surface area contributed by atoms with Gasteiger partial charge in [0.25, 0.3) is 0 Å². The molecule has 1 heterocycles. The second-order valence-corrected chi connectivity index (χ2v) is 4.97. The van der Waals surface area contributed by atoms with Gasteiger partial charge in [-0.25, -0.2) is 9.97 Å². The Kier molecular flexibility index (Phi) is 5.31. The summed E-state index contributed by atoms with van der Waals surface area (Å²) < 4.78 is 11.5. The average Bonchev–Trinajstić information content (AvgIpc) is 2.47. The summed E-state index contributed by atoms with van der Waals surface area (Å²) in [4.78, 5) is 8.05. The molecule has 5 nitrogen and oxygen atoms in total. The Hall–Kier alpha value is -1.66. The third-order valence-corrected chi connectivity index (χ3v) is 3.36. The molecular weight excluding hydrogens is 322 g/mol. The summed E-state index contributed by atoms with van der Waals surface area (Å²) in [5.74, 6) is 1.41. The molecule has 0 fully saturated rings. The SMILES string of the molecule is COc1cc(CNCc2ccncn2)cc(Br)c1OC. The first kappa shape index (κ1) is 14.7. The summed E-state index contributed by atoms with van der Waals surface area (Å²) in [5.41, 5.74) is 2.06. The summed E-state index contributed by atoms with van der Waals surface area (Å²) >= 11 is 3.48. The molecule has 1 aromatic heterocycles. The Morgan fingerprint density at radius 1 is 1.20 bits per heavy atom. The molecule has 0 aliphatic rings. The van der Waals surface area contributed by atoms with E-state index in [4.69, 9.17) is 9.47 Å². The lowest BCUT2D eigenvalue weighted by Gasteiger charge is -2.12. The molecule has 2 rings (SSSR count). The van der Waals surface area contributed by atoms with Gasteiger partial charge >= 0.3 is 0 Å². The van der Waals surface area contributed by atoms with Crippen LogP contribution in [0.15, 0.2) is 35.2 Å². The molecule has 0 aliphatic heterocycles. The molecule has 1 aromatic carbocycles. The molecular formula is C14H16BrN3O2. The van der Waals surface area contributed by atoms with Crippen LogP contribution >= 0.6 is 15.9 Å². The lowest BCUT2D eigenvalue weighted by molar-refractivity contribution is 0.352. The largest absolute Gasteiger partial charge is 0.493 e. The number of halogens is 1. The number of rotatable bonds is 6. The van der Waals surface area contributed by atoms with E-state index in [1.165, 1.54) is 0 Å². The van der Waals surface area contributed by atoms with Gasteiger partial charge in [-0.1, -0.05) is 0 Å². The molecule has 0 spiro atoms. The smallest absolute Gasteiger partial charge is 0.174 e. The number of hydrogen-bond acceptors (Lipinski definition) is 5. The summed E-state index contributed by atoms with van der Waals surface area (Å²) in [6.45, 7) is 1.40. The second-order valence-electron chi connectivity index (χ2n) is 4.12. The van der Waals surface area contributed by atoms with Gasteiger partial charge in [-0.15, -0.1) is 0 Å². The van der Waals surface area contributed by atoms with E-state index in [0.29, 0.717) is 24.6 Å². The summed E-state index contributed by atoms with van der Waals surface area (Å²) in [5, 5.41) is 3.33. The minimum Gasteiger partial charge on any atom is -0.493 e. The van der Waals surface area contributed by atoms with Gasteiger partial charge in [0, 0.05) is 19.3 Å². The van der Waals surface area contributed by atoms with E-state index in [1.807, 2.05) is 18.2 Å². The van der Waals surface area contributed by atoms with E-state index in [1.54, 1.807) is 26.7 Å². The van der Waals surface area contributed by atoms with Crippen molar-refractivity contribution >= 4 is 15.9 Å². The van der Waals surface area contributed by atoms with Crippen LogP contribution < -0.4 is 14.8 Å². The van der Waals surface area contributed by atoms with Crippen molar-refractivity contribution in [3.63, 3.8) is 0 Å². The van der Waals surface area contributed by atoms with Crippen LogP contribution in [0.25, 0.3) is 0 Å². The third kappa shape index (κ3) is 3.68. The highest BCUT2D eigenvalue weighted by Crippen LogP contribution is 2.36. The second kappa shape index (κ2) is 7.21. The highest BCUT2D eigenvalue weighted by Gasteiger charge is 2.10. The van der Waals surface area contributed by atoms with Gasteiger partial charge in [-0.05, 0) is 39.7 Å². The number of methoxy groups -OCH3 is 2. The van der Waals surface area contributed by atoms with Crippen LogP contribution in [0.2, 0.25) is 0 Å². The molecule has 0 atom stereocenters. The maximum absolute atomic E-state index is 5.32. The maximum atomic E-state index is 5.32. The molecule has 1 N–H and O–H groups in total. The van der Waals surface area contributed by atoms with Crippen LogP contribution in [0.1, 0.15) is 11.3 Å². The fourth-order valence-corrected chi connectivity index (χ4v) is 2.48. The molecule has 20 heavy (non-hydrogen) atoms. The van der Waals surface area contributed by atoms with Crippen molar-refractivity contribution in [2.24, 2.45) is 0 Å². The van der Waals surface area contributed by atoms with Crippen LogP contribution in [0.5, 0.6) is 11.5 Å². The van der Waals surface area contributed by atoms with Crippen LogP contribution in [0, 0.1) is 0 Å². The van der Waals surface area contributed by atoms with Crippen molar-refractivity contribution < 1.29 is 9.47 Å². The Morgan fingerprint density at radius 2 is 2.05 bits per heavy atom. The Balaban J connectivity index is 2.01. The lowest BCUT2D eigenvalue weighted by atomic mass is 10.2. The molecule has 2 aromatic rings. The Morgan fingerprint density at radius 3 is 2.70 bits per heavy atom. The zero-order chi connectivity index (χ0) is 14.4. The number of hydrogen-bond donors (Lipinski definition) is 1. The number of ether oxygens (including phenoxy) is 2. The number of nitrogens with zero attached hydrogens (tertiary/aromatic N) is 2. The van der Waals surface area contributed by atoms with Crippen molar-refractivity contribution in [1.29, 1.82) is 0 Å². The zero-order valence-corrected chi connectivity index (χ0v) is 13.0.